The van der Waals surface area contributed by atoms with Gasteiger partial charge in [-0.25, -0.2) is 4.68 Å². The predicted molar refractivity (Wildman–Crippen MR) is 135 cm³/mol. The average molecular weight is 468 g/mol. The summed E-state index contributed by atoms with van der Waals surface area (Å²) in [5, 5.41) is 13.8. The summed E-state index contributed by atoms with van der Waals surface area (Å²) in [6, 6.07) is 6.00. The number of thioether (sulfide) groups is 1. The van der Waals surface area contributed by atoms with E-state index >= 15 is 0 Å². The summed E-state index contributed by atoms with van der Waals surface area (Å²) in [6.07, 6.45) is 11.8. The van der Waals surface area contributed by atoms with Gasteiger partial charge in [0.15, 0.2) is 11.5 Å². The summed E-state index contributed by atoms with van der Waals surface area (Å²) in [6.45, 7) is 6.27. The highest BCUT2D eigenvalue weighted by molar-refractivity contribution is 8.15. The maximum Gasteiger partial charge on any atom is 0.161 e. The lowest BCUT2D eigenvalue weighted by Gasteiger charge is -2.19. The lowest BCUT2D eigenvalue weighted by Crippen LogP contribution is -2.19. The van der Waals surface area contributed by atoms with Gasteiger partial charge in [0.05, 0.1) is 36.2 Å². The molecule has 1 aliphatic carbocycles. The third kappa shape index (κ3) is 5.33. The molecule has 1 aromatic heterocycles. The van der Waals surface area contributed by atoms with Gasteiger partial charge in [-0.3, -0.25) is 4.99 Å². The van der Waals surface area contributed by atoms with E-state index in [0.717, 1.165) is 48.7 Å². The van der Waals surface area contributed by atoms with E-state index in [2.05, 4.69) is 53.8 Å². The Hall–Kier alpha value is -2.58. The Morgan fingerprint density at radius 1 is 1.15 bits per heavy atom. The van der Waals surface area contributed by atoms with Crippen LogP contribution < -0.4 is 14.8 Å². The summed E-state index contributed by atoms with van der Waals surface area (Å²) in [4.78, 5) is 5.10. The molecule has 3 atom stereocenters. The van der Waals surface area contributed by atoms with Gasteiger partial charge < -0.3 is 14.8 Å². The second-order valence-electron chi connectivity index (χ2n) is 8.20. The van der Waals surface area contributed by atoms with E-state index in [1.54, 1.807) is 14.2 Å². The molecular weight excluding hydrogens is 434 g/mol. The number of benzene rings is 1. The number of nitrogens with one attached hydrogen (secondary N) is 1. The summed E-state index contributed by atoms with van der Waals surface area (Å²) >= 11 is 1.82. The van der Waals surface area contributed by atoms with Crippen molar-refractivity contribution < 1.29 is 9.47 Å². The van der Waals surface area contributed by atoms with E-state index < -0.39 is 0 Å². The van der Waals surface area contributed by atoms with Crippen molar-refractivity contribution in [2.75, 3.05) is 27.3 Å². The SMILES string of the molecule is CCCNCCc1cn(C(C2=NC3C=CC(CC)=CC3S2)c2ccc(OC)c(OC)c2)nn1. The van der Waals surface area contributed by atoms with Crippen molar-refractivity contribution in [3.8, 4) is 11.5 Å². The number of fused-ring (bicyclic) bond motifs is 1. The van der Waals surface area contributed by atoms with Crippen LogP contribution in [0.15, 0.2) is 53.2 Å². The van der Waals surface area contributed by atoms with Crippen LogP contribution in [0.1, 0.15) is 44.0 Å². The molecule has 2 aliphatic rings. The lowest BCUT2D eigenvalue weighted by atomic mass is 10.0. The molecule has 0 saturated heterocycles. The summed E-state index contributed by atoms with van der Waals surface area (Å²) < 4.78 is 13.0. The second-order valence-corrected chi connectivity index (χ2v) is 9.40. The molecule has 0 bridgehead atoms. The van der Waals surface area contributed by atoms with Gasteiger partial charge in [0.25, 0.3) is 0 Å². The number of ether oxygens (including phenoxy) is 2. The number of rotatable bonds is 11. The molecule has 0 saturated carbocycles. The van der Waals surface area contributed by atoms with Gasteiger partial charge in [-0.1, -0.05) is 60.7 Å². The van der Waals surface area contributed by atoms with Crippen molar-refractivity contribution >= 4 is 16.8 Å². The Labute approximate surface area is 200 Å². The molecule has 7 nitrogen and oxygen atoms in total. The Kier molecular flexibility index (Phi) is 7.88. The number of nitrogens with zero attached hydrogens (tertiary/aromatic N) is 4. The smallest absolute Gasteiger partial charge is 0.161 e. The number of aromatic nitrogens is 3. The van der Waals surface area contributed by atoms with Gasteiger partial charge in [-0.2, -0.15) is 0 Å². The molecule has 2 heterocycles. The standard InChI is InChI=1S/C25H33N5O2S/c1-5-12-26-13-11-19-16-30(29-28-19)24(18-8-10-21(31-3)22(15-18)32-4)25-27-20-9-7-17(6-2)14-23(20)33-25/h7-10,14-16,20,23-24,26H,5-6,11-13H2,1-4H3. The van der Waals surface area contributed by atoms with Gasteiger partial charge in [0, 0.05) is 19.2 Å². The fourth-order valence-electron chi connectivity index (χ4n) is 4.11. The third-order valence-corrected chi connectivity index (χ3v) is 7.19. The van der Waals surface area contributed by atoms with E-state index in [1.165, 1.54) is 5.57 Å². The molecule has 8 heteroatoms. The van der Waals surface area contributed by atoms with Crippen molar-refractivity contribution in [2.24, 2.45) is 4.99 Å². The zero-order valence-corrected chi connectivity index (χ0v) is 20.6. The molecule has 0 fully saturated rings. The number of hydrogen-bond donors (Lipinski definition) is 1. The van der Waals surface area contributed by atoms with E-state index in [0.29, 0.717) is 16.7 Å². The first kappa shape index (κ1) is 23.6. The Balaban J connectivity index is 1.65. The molecule has 1 aliphatic heterocycles. The monoisotopic (exact) mass is 467 g/mol. The van der Waals surface area contributed by atoms with Crippen LogP contribution >= 0.6 is 11.8 Å². The van der Waals surface area contributed by atoms with Crippen LogP contribution in [0, 0.1) is 0 Å². The maximum atomic E-state index is 5.58. The predicted octanol–water partition coefficient (Wildman–Crippen LogP) is 4.22. The third-order valence-electron chi connectivity index (χ3n) is 5.93. The van der Waals surface area contributed by atoms with Crippen LogP contribution in [-0.4, -0.2) is 58.6 Å². The molecular formula is C25H33N5O2S. The zero-order valence-electron chi connectivity index (χ0n) is 19.8. The maximum absolute atomic E-state index is 5.58. The highest BCUT2D eigenvalue weighted by atomic mass is 32.2. The number of methoxy groups -OCH3 is 2. The molecule has 2 aromatic rings. The highest BCUT2D eigenvalue weighted by Crippen LogP contribution is 2.40. The number of allylic oxidation sites excluding steroid dienone is 2. The average Bonchev–Trinajstić information content (AvgIpc) is 3.48. The fraction of sp³-hybridized carbons (Fsp3) is 0.480. The minimum absolute atomic E-state index is 0.157. The minimum atomic E-state index is -0.169. The fourth-order valence-corrected chi connectivity index (χ4v) is 5.48. The normalized spacial score (nSPS) is 20.2. The van der Waals surface area contributed by atoms with Gasteiger partial charge in [-0.15, -0.1) is 5.10 Å². The summed E-state index contributed by atoms with van der Waals surface area (Å²) in [5.41, 5.74) is 3.38. The van der Waals surface area contributed by atoms with Crippen molar-refractivity contribution in [2.45, 2.75) is 50.4 Å². The van der Waals surface area contributed by atoms with Gasteiger partial charge in [0.1, 0.15) is 6.04 Å². The highest BCUT2D eigenvalue weighted by Gasteiger charge is 2.35. The first-order valence-corrected chi connectivity index (χ1v) is 12.5. The van der Waals surface area contributed by atoms with Crippen LogP contribution in [0.2, 0.25) is 0 Å². The van der Waals surface area contributed by atoms with E-state index in [9.17, 15) is 0 Å². The first-order valence-electron chi connectivity index (χ1n) is 11.6. The Morgan fingerprint density at radius 3 is 2.76 bits per heavy atom. The lowest BCUT2D eigenvalue weighted by molar-refractivity contribution is 0.354. The van der Waals surface area contributed by atoms with Crippen molar-refractivity contribution in [1.29, 1.82) is 0 Å². The molecule has 0 radical (unpaired) electrons. The molecule has 3 unspecified atom stereocenters. The number of hydrogen-bond acceptors (Lipinski definition) is 7. The quantitative estimate of drug-likeness (QED) is 0.499. The van der Waals surface area contributed by atoms with Crippen molar-refractivity contribution in [3.05, 3.63) is 59.5 Å². The van der Waals surface area contributed by atoms with E-state index in [4.69, 9.17) is 14.5 Å². The summed E-state index contributed by atoms with van der Waals surface area (Å²) in [5.74, 6) is 1.40. The Morgan fingerprint density at radius 2 is 2.00 bits per heavy atom. The topological polar surface area (TPSA) is 73.6 Å². The van der Waals surface area contributed by atoms with E-state index in [-0.39, 0.29) is 12.1 Å². The van der Waals surface area contributed by atoms with Crippen LogP contribution in [0.3, 0.4) is 0 Å². The largest absolute Gasteiger partial charge is 0.493 e. The minimum Gasteiger partial charge on any atom is -0.493 e. The van der Waals surface area contributed by atoms with Crippen molar-refractivity contribution in [1.82, 2.24) is 20.3 Å². The first-order chi connectivity index (χ1) is 16.2. The van der Waals surface area contributed by atoms with Crippen LogP contribution in [0.25, 0.3) is 0 Å². The molecule has 1 aromatic carbocycles. The second kappa shape index (κ2) is 11.0. The van der Waals surface area contributed by atoms with Gasteiger partial charge in [0.2, 0.25) is 0 Å². The molecule has 176 valence electrons. The van der Waals surface area contributed by atoms with Crippen molar-refractivity contribution in [3.63, 3.8) is 0 Å². The van der Waals surface area contributed by atoms with Crippen LogP contribution in [0.4, 0.5) is 0 Å². The Bertz CT molecular complexity index is 1050. The molecule has 33 heavy (non-hydrogen) atoms. The number of aliphatic imine (C=N–C) groups is 1. The van der Waals surface area contributed by atoms with E-state index in [1.807, 2.05) is 34.8 Å². The molecule has 0 amide bonds. The van der Waals surface area contributed by atoms with Gasteiger partial charge >= 0.3 is 0 Å². The van der Waals surface area contributed by atoms with Crippen LogP contribution in [-0.2, 0) is 6.42 Å². The molecule has 1 N–H and O–H groups in total. The van der Waals surface area contributed by atoms with Gasteiger partial charge in [-0.05, 0) is 37.1 Å². The van der Waals surface area contributed by atoms with Crippen LogP contribution in [0.5, 0.6) is 11.5 Å². The zero-order chi connectivity index (χ0) is 23.2. The molecule has 0 spiro atoms. The summed E-state index contributed by atoms with van der Waals surface area (Å²) in [7, 11) is 3.31. The molecule has 4 rings (SSSR count).